The van der Waals surface area contributed by atoms with Gasteiger partial charge in [-0.1, -0.05) is 12.1 Å². The molecule has 0 saturated heterocycles. The van der Waals surface area contributed by atoms with E-state index in [-0.39, 0.29) is 5.90 Å². The number of aldehydes is 1. The van der Waals surface area contributed by atoms with Crippen LogP contribution in [0.1, 0.15) is 22.8 Å². The molecule has 68 valence electrons. The van der Waals surface area contributed by atoms with Crippen LogP contribution in [-0.2, 0) is 4.74 Å². The molecule has 0 saturated carbocycles. The maximum Gasteiger partial charge on any atom is 0.213 e. The van der Waals surface area contributed by atoms with Crippen molar-refractivity contribution >= 4 is 12.2 Å². The Morgan fingerprint density at radius 1 is 1.62 bits per heavy atom. The first-order valence-corrected chi connectivity index (χ1v) is 4.05. The Labute approximate surface area is 76.9 Å². The maximum absolute atomic E-state index is 10.4. The van der Waals surface area contributed by atoms with Gasteiger partial charge in [0.25, 0.3) is 0 Å². The second kappa shape index (κ2) is 4.40. The highest BCUT2D eigenvalue weighted by atomic mass is 16.5. The lowest BCUT2D eigenvalue weighted by Gasteiger charge is -2.04. The van der Waals surface area contributed by atoms with Crippen LogP contribution in [0.3, 0.4) is 0 Å². The van der Waals surface area contributed by atoms with Gasteiger partial charge in [0, 0.05) is 11.1 Å². The van der Waals surface area contributed by atoms with Crippen molar-refractivity contribution < 1.29 is 9.53 Å². The average Bonchev–Trinajstić information content (AvgIpc) is 2.18. The Balaban J connectivity index is 2.88. The first kappa shape index (κ1) is 9.45. The predicted molar refractivity (Wildman–Crippen MR) is 50.3 cm³/mol. The van der Waals surface area contributed by atoms with E-state index in [9.17, 15) is 4.79 Å². The molecule has 0 bridgehead atoms. The first-order chi connectivity index (χ1) is 6.27. The van der Waals surface area contributed by atoms with Crippen molar-refractivity contribution in [1.82, 2.24) is 0 Å². The highest BCUT2D eigenvalue weighted by Crippen LogP contribution is 2.04. The molecular formula is C10H11NO2. The summed E-state index contributed by atoms with van der Waals surface area (Å²) in [5.74, 6) is 0.103. The molecule has 0 aliphatic rings. The van der Waals surface area contributed by atoms with Crippen molar-refractivity contribution in [2.75, 3.05) is 6.61 Å². The molecule has 0 aromatic heterocycles. The number of hydrogen-bond acceptors (Lipinski definition) is 3. The quantitative estimate of drug-likeness (QED) is 0.435. The van der Waals surface area contributed by atoms with Crippen LogP contribution in [0.2, 0.25) is 0 Å². The fraction of sp³-hybridized carbons (Fsp3) is 0.200. The molecule has 0 amide bonds. The first-order valence-electron chi connectivity index (χ1n) is 4.05. The van der Waals surface area contributed by atoms with Gasteiger partial charge in [-0.3, -0.25) is 10.2 Å². The second-order valence-corrected chi connectivity index (χ2v) is 2.51. The smallest absolute Gasteiger partial charge is 0.213 e. The van der Waals surface area contributed by atoms with Crippen molar-refractivity contribution in [1.29, 1.82) is 5.41 Å². The molecule has 1 aromatic carbocycles. The summed E-state index contributed by atoms with van der Waals surface area (Å²) in [7, 11) is 0. The van der Waals surface area contributed by atoms with Crippen molar-refractivity contribution in [3.8, 4) is 0 Å². The largest absolute Gasteiger partial charge is 0.478 e. The topological polar surface area (TPSA) is 50.1 Å². The van der Waals surface area contributed by atoms with E-state index >= 15 is 0 Å². The molecule has 0 unspecified atom stereocenters. The molecule has 13 heavy (non-hydrogen) atoms. The van der Waals surface area contributed by atoms with E-state index in [1.54, 1.807) is 24.3 Å². The normalized spacial score (nSPS) is 9.31. The van der Waals surface area contributed by atoms with Gasteiger partial charge in [-0.25, -0.2) is 0 Å². The number of hydrogen-bond donors (Lipinski definition) is 1. The molecule has 0 spiro atoms. The summed E-state index contributed by atoms with van der Waals surface area (Å²) in [6.07, 6.45) is 0.753. The minimum Gasteiger partial charge on any atom is -0.478 e. The molecular weight excluding hydrogens is 166 g/mol. The number of nitrogens with one attached hydrogen (secondary N) is 1. The van der Waals surface area contributed by atoms with Gasteiger partial charge in [0.05, 0.1) is 6.61 Å². The van der Waals surface area contributed by atoms with Gasteiger partial charge in [0.1, 0.15) is 6.29 Å². The number of benzene rings is 1. The fourth-order valence-corrected chi connectivity index (χ4v) is 0.981. The van der Waals surface area contributed by atoms with Crippen molar-refractivity contribution in [2.24, 2.45) is 0 Å². The summed E-state index contributed by atoms with van der Waals surface area (Å²) in [5.41, 5.74) is 1.19. The summed E-state index contributed by atoms with van der Waals surface area (Å²) in [5, 5.41) is 7.46. The van der Waals surface area contributed by atoms with Gasteiger partial charge in [-0.05, 0) is 19.1 Å². The predicted octanol–water partition coefficient (Wildman–Crippen LogP) is 1.86. The highest BCUT2D eigenvalue weighted by molar-refractivity contribution is 5.93. The van der Waals surface area contributed by atoms with Crippen molar-refractivity contribution in [3.63, 3.8) is 0 Å². The van der Waals surface area contributed by atoms with Crippen LogP contribution in [0, 0.1) is 5.41 Å². The lowest BCUT2D eigenvalue weighted by molar-refractivity contribution is 0.112. The molecule has 0 heterocycles. The van der Waals surface area contributed by atoms with Gasteiger partial charge < -0.3 is 4.74 Å². The third-order valence-electron chi connectivity index (χ3n) is 1.57. The average molecular weight is 177 g/mol. The van der Waals surface area contributed by atoms with Gasteiger partial charge in [0.15, 0.2) is 0 Å². The molecule has 3 heteroatoms. The Morgan fingerprint density at radius 3 is 3.00 bits per heavy atom. The molecule has 0 aliphatic heterocycles. The third-order valence-corrected chi connectivity index (χ3v) is 1.57. The SMILES string of the molecule is CCOC(=N)c1cccc(C=O)c1. The minimum atomic E-state index is 0.103. The van der Waals surface area contributed by atoms with Crippen LogP contribution in [-0.4, -0.2) is 18.8 Å². The summed E-state index contributed by atoms with van der Waals surface area (Å²) < 4.78 is 4.99. The number of carbonyl (C=O) groups is 1. The van der Waals surface area contributed by atoms with Crippen LogP contribution in [0.15, 0.2) is 24.3 Å². The Bertz CT molecular complexity index is 320. The zero-order chi connectivity index (χ0) is 9.68. The third kappa shape index (κ3) is 2.40. The molecule has 0 fully saturated rings. The van der Waals surface area contributed by atoms with Crippen LogP contribution < -0.4 is 0 Å². The number of ether oxygens (including phenoxy) is 1. The lowest BCUT2D eigenvalue weighted by Crippen LogP contribution is -2.04. The lowest BCUT2D eigenvalue weighted by atomic mass is 10.1. The Kier molecular flexibility index (Phi) is 3.20. The summed E-state index contributed by atoms with van der Waals surface area (Å²) >= 11 is 0. The monoisotopic (exact) mass is 177 g/mol. The molecule has 3 nitrogen and oxygen atoms in total. The molecule has 0 atom stereocenters. The summed E-state index contributed by atoms with van der Waals surface area (Å²) in [4.78, 5) is 10.4. The fourth-order valence-electron chi connectivity index (χ4n) is 0.981. The van der Waals surface area contributed by atoms with Crippen LogP contribution in [0.5, 0.6) is 0 Å². The molecule has 1 rings (SSSR count). The molecule has 1 aromatic rings. The van der Waals surface area contributed by atoms with E-state index in [2.05, 4.69) is 0 Å². The zero-order valence-corrected chi connectivity index (χ0v) is 7.41. The second-order valence-electron chi connectivity index (χ2n) is 2.51. The van der Waals surface area contributed by atoms with Gasteiger partial charge in [-0.2, -0.15) is 0 Å². The number of rotatable bonds is 3. The Morgan fingerprint density at radius 2 is 2.38 bits per heavy atom. The molecule has 1 N–H and O–H groups in total. The van der Waals surface area contributed by atoms with E-state index in [1.807, 2.05) is 6.92 Å². The van der Waals surface area contributed by atoms with Crippen molar-refractivity contribution in [3.05, 3.63) is 35.4 Å². The molecule has 0 radical (unpaired) electrons. The molecule has 0 aliphatic carbocycles. The Hall–Kier alpha value is -1.64. The standard InChI is InChI=1S/C10H11NO2/c1-2-13-10(11)9-5-3-4-8(6-9)7-12/h3-7,11H,2H2,1H3. The van der Waals surface area contributed by atoms with Crippen LogP contribution in [0.25, 0.3) is 0 Å². The van der Waals surface area contributed by atoms with E-state index in [0.29, 0.717) is 17.7 Å². The van der Waals surface area contributed by atoms with E-state index < -0.39 is 0 Å². The van der Waals surface area contributed by atoms with Crippen molar-refractivity contribution in [2.45, 2.75) is 6.92 Å². The van der Waals surface area contributed by atoms with Crippen LogP contribution >= 0.6 is 0 Å². The zero-order valence-electron chi connectivity index (χ0n) is 7.41. The summed E-state index contributed by atoms with van der Waals surface area (Å²) in [6.45, 7) is 2.28. The van der Waals surface area contributed by atoms with E-state index in [4.69, 9.17) is 10.1 Å². The minimum absolute atomic E-state index is 0.103. The van der Waals surface area contributed by atoms with Crippen LogP contribution in [0.4, 0.5) is 0 Å². The van der Waals surface area contributed by atoms with E-state index in [1.165, 1.54) is 0 Å². The van der Waals surface area contributed by atoms with Gasteiger partial charge in [0.2, 0.25) is 5.90 Å². The number of carbonyl (C=O) groups excluding carboxylic acids is 1. The highest BCUT2D eigenvalue weighted by Gasteiger charge is 2.01. The maximum atomic E-state index is 10.4. The van der Waals surface area contributed by atoms with Gasteiger partial charge in [-0.15, -0.1) is 0 Å². The van der Waals surface area contributed by atoms with Gasteiger partial charge >= 0.3 is 0 Å². The summed E-state index contributed by atoms with van der Waals surface area (Å²) in [6, 6.07) is 6.79. The van der Waals surface area contributed by atoms with E-state index in [0.717, 1.165) is 6.29 Å².